The summed E-state index contributed by atoms with van der Waals surface area (Å²) >= 11 is 0. The zero-order valence-corrected chi connectivity index (χ0v) is 23.3. The van der Waals surface area contributed by atoms with Crippen LogP contribution < -0.4 is 14.2 Å². The first-order valence-electron chi connectivity index (χ1n) is 13.9. The van der Waals surface area contributed by atoms with E-state index in [9.17, 15) is 4.79 Å². The molecule has 0 saturated carbocycles. The number of nitrogens with zero attached hydrogens (tertiary/aromatic N) is 1. The summed E-state index contributed by atoms with van der Waals surface area (Å²) in [6, 6.07) is 30.2. The Kier molecular flexibility index (Phi) is 9.12. The molecule has 0 saturated heterocycles. The topological polar surface area (TPSA) is 70.8 Å². The SMILES string of the molecule is CCCCOc1ccc(C(=O)C(=Cc2ccc(OCc3ccccc3)c(OCC)c2)c2nc3ccccc3o2)cc1. The molecule has 6 nitrogen and oxygen atoms in total. The summed E-state index contributed by atoms with van der Waals surface area (Å²) in [5, 5.41) is 0. The quantitative estimate of drug-likeness (QED) is 0.0837. The molecule has 5 aromatic rings. The third kappa shape index (κ3) is 7.03. The number of hydrogen-bond acceptors (Lipinski definition) is 6. The van der Waals surface area contributed by atoms with Gasteiger partial charge in [-0.2, -0.15) is 0 Å². The lowest BCUT2D eigenvalue weighted by Crippen LogP contribution is -2.04. The Morgan fingerprint density at radius 3 is 2.37 bits per heavy atom. The summed E-state index contributed by atoms with van der Waals surface area (Å²) < 4.78 is 23.8. The van der Waals surface area contributed by atoms with Gasteiger partial charge in [0.2, 0.25) is 5.89 Å². The van der Waals surface area contributed by atoms with Gasteiger partial charge in [-0.1, -0.05) is 61.9 Å². The Bertz CT molecular complexity index is 1590. The van der Waals surface area contributed by atoms with Crippen molar-refractivity contribution >= 4 is 28.5 Å². The molecule has 1 aromatic heterocycles. The standard InChI is InChI=1S/C35H33NO5/c1-3-5-21-39-28-18-16-27(17-19-28)34(37)29(35-36-30-13-9-10-14-31(30)41-35)22-26-15-20-32(33(23-26)38-4-2)40-24-25-11-7-6-8-12-25/h6-20,22-23H,3-5,21,24H2,1-2H3. The number of oxazole rings is 1. The molecule has 0 aliphatic rings. The highest BCUT2D eigenvalue weighted by molar-refractivity contribution is 6.31. The van der Waals surface area contributed by atoms with E-state index in [0.29, 0.717) is 53.6 Å². The van der Waals surface area contributed by atoms with Gasteiger partial charge >= 0.3 is 0 Å². The zero-order chi connectivity index (χ0) is 28.4. The van der Waals surface area contributed by atoms with Gasteiger partial charge in [-0.15, -0.1) is 0 Å². The van der Waals surface area contributed by atoms with Crippen molar-refractivity contribution in [1.82, 2.24) is 4.98 Å². The van der Waals surface area contributed by atoms with Gasteiger partial charge < -0.3 is 18.6 Å². The Labute approximate surface area is 240 Å². The normalized spacial score (nSPS) is 11.4. The third-order valence-corrected chi connectivity index (χ3v) is 6.47. The van der Waals surface area contributed by atoms with Crippen LogP contribution in [0.1, 0.15) is 54.1 Å². The lowest BCUT2D eigenvalue weighted by Gasteiger charge is -2.13. The predicted molar refractivity (Wildman–Crippen MR) is 161 cm³/mol. The van der Waals surface area contributed by atoms with Crippen LogP contribution in [0.5, 0.6) is 17.2 Å². The van der Waals surface area contributed by atoms with Gasteiger partial charge in [0, 0.05) is 5.56 Å². The lowest BCUT2D eigenvalue weighted by atomic mass is 10.0. The molecule has 0 aliphatic carbocycles. The molecule has 0 N–H and O–H groups in total. The first kappa shape index (κ1) is 27.7. The highest BCUT2D eigenvalue weighted by atomic mass is 16.5. The van der Waals surface area contributed by atoms with Crippen LogP contribution in [0.2, 0.25) is 0 Å². The number of fused-ring (bicyclic) bond motifs is 1. The van der Waals surface area contributed by atoms with Crippen LogP contribution >= 0.6 is 0 Å². The van der Waals surface area contributed by atoms with Crippen LogP contribution in [0, 0.1) is 0 Å². The van der Waals surface area contributed by atoms with Gasteiger partial charge in [0.1, 0.15) is 17.9 Å². The van der Waals surface area contributed by atoms with Gasteiger partial charge in [0.05, 0.1) is 18.8 Å². The summed E-state index contributed by atoms with van der Waals surface area (Å²) in [4.78, 5) is 18.5. The number of rotatable bonds is 13. The molecule has 0 aliphatic heterocycles. The van der Waals surface area contributed by atoms with Crippen molar-refractivity contribution in [1.29, 1.82) is 0 Å². The second-order valence-corrected chi connectivity index (χ2v) is 9.51. The first-order chi connectivity index (χ1) is 20.1. The van der Waals surface area contributed by atoms with E-state index in [1.165, 1.54) is 0 Å². The van der Waals surface area contributed by atoms with E-state index in [2.05, 4.69) is 11.9 Å². The van der Waals surface area contributed by atoms with Crippen LogP contribution in [0.4, 0.5) is 0 Å². The van der Waals surface area contributed by atoms with E-state index in [1.54, 1.807) is 18.2 Å². The molecule has 4 aromatic carbocycles. The van der Waals surface area contributed by atoms with Crippen molar-refractivity contribution in [2.75, 3.05) is 13.2 Å². The molecule has 6 heteroatoms. The second-order valence-electron chi connectivity index (χ2n) is 9.51. The number of Topliss-reactive ketones (excluding diaryl/α,β-unsaturated/α-hetero) is 1. The number of para-hydroxylation sites is 2. The molecule has 0 amide bonds. The van der Waals surface area contributed by atoms with Crippen LogP contribution in [0.3, 0.4) is 0 Å². The molecule has 1 heterocycles. The fraction of sp³-hybridized carbons (Fsp3) is 0.200. The molecule has 0 bridgehead atoms. The van der Waals surface area contributed by atoms with Crippen molar-refractivity contribution in [3.05, 3.63) is 120 Å². The average molecular weight is 548 g/mol. The zero-order valence-electron chi connectivity index (χ0n) is 23.3. The number of carbonyl (C=O) groups is 1. The van der Waals surface area contributed by atoms with Crippen molar-refractivity contribution in [2.24, 2.45) is 0 Å². The number of unbranched alkanes of at least 4 members (excludes halogenated alkanes) is 1. The fourth-order valence-electron chi connectivity index (χ4n) is 4.31. The Morgan fingerprint density at radius 2 is 1.61 bits per heavy atom. The largest absolute Gasteiger partial charge is 0.494 e. The molecule has 0 spiro atoms. The van der Waals surface area contributed by atoms with Gasteiger partial charge in [-0.25, -0.2) is 4.98 Å². The highest BCUT2D eigenvalue weighted by Gasteiger charge is 2.21. The maximum Gasteiger partial charge on any atom is 0.231 e. The Hall–Kier alpha value is -4.84. The van der Waals surface area contributed by atoms with Crippen molar-refractivity contribution in [3.8, 4) is 17.2 Å². The van der Waals surface area contributed by atoms with Crippen molar-refractivity contribution in [2.45, 2.75) is 33.3 Å². The summed E-state index contributed by atoms with van der Waals surface area (Å²) in [7, 11) is 0. The minimum absolute atomic E-state index is 0.209. The van der Waals surface area contributed by atoms with Gasteiger partial charge in [-0.3, -0.25) is 4.79 Å². The molecule has 0 radical (unpaired) electrons. The molecule has 0 unspecified atom stereocenters. The van der Waals surface area contributed by atoms with Crippen molar-refractivity contribution in [3.63, 3.8) is 0 Å². The summed E-state index contributed by atoms with van der Waals surface area (Å²) in [5.74, 6) is 1.99. The van der Waals surface area contributed by atoms with Crippen LogP contribution in [-0.4, -0.2) is 24.0 Å². The molecule has 208 valence electrons. The van der Waals surface area contributed by atoms with Crippen molar-refractivity contribution < 1.29 is 23.4 Å². The molecular weight excluding hydrogens is 514 g/mol. The fourth-order valence-corrected chi connectivity index (χ4v) is 4.31. The lowest BCUT2D eigenvalue weighted by molar-refractivity contribution is 0.105. The molecule has 5 rings (SSSR count). The maximum absolute atomic E-state index is 13.9. The van der Waals surface area contributed by atoms with Gasteiger partial charge in [-0.05, 0) is 79.1 Å². The van der Waals surface area contributed by atoms with E-state index < -0.39 is 0 Å². The number of carbonyl (C=O) groups excluding carboxylic acids is 1. The van der Waals surface area contributed by atoms with E-state index in [4.69, 9.17) is 18.6 Å². The van der Waals surface area contributed by atoms with Crippen LogP contribution in [0.15, 0.2) is 101 Å². The van der Waals surface area contributed by atoms with Crippen LogP contribution in [-0.2, 0) is 6.61 Å². The number of ketones is 1. The summed E-state index contributed by atoms with van der Waals surface area (Å²) in [6.45, 7) is 5.57. The minimum atomic E-state index is -0.209. The molecular formula is C35H33NO5. The summed E-state index contributed by atoms with van der Waals surface area (Å²) in [5.41, 5.74) is 3.95. The smallest absolute Gasteiger partial charge is 0.231 e. The molecule has 41 heavy (non-hydrogen) atoms. The minimum Gasteiger partial charge on any atom is -0.494 e. The number of hydrogen-bond donors (Lipinski definition) is 0. The number of ether oxygens (including phenoxy) is 3. The van der Waals surface area contributed by atoms with E-state index in [0.717, 1.165) is 29.7 Å². The monoisotopic (exact) mass is 547 g/mol. The number of aromatic nitrogens is 1. The van der Waals surface area contributed by atoms with Gasteiger partial charge in [0.15, 0.2) is 22.9 Å². The van der Waals surface area contributed by atoms with E-state index >= 15 is 0 Å². The third-order valence-electron chi connectivity index (χ3n) is 6.47. The number of allylic oxidation sites excluding steroid dienone is 1. The predicted octanol–water partition coefficient (Wildman–Crippen LogP) is 8.41. The Morgan fingerprint density at radius 1 is 0.829 bits per heavy atom. The molecule has 0 atom stereocenters. The summed E-state index contributed by atoms with van der Waals surface area (Å²) in [6.07, 6.45) is 3.81. The van der Waals surface area contributed by atoms with E-state index in [1.807, 2.05) is 91.9 Å². The Balaban J connectivity index is 1.48. The maximum atomic E-state index is 13.9. The second kappa shape index (κ2) is 13.5. The van der Waals surface area contributed by atoms with Gasteiger partial charge in [0.25, 0.3) is 0 Å². The first-order valence-corrected chi connectivity index (χ1v) is 13.9. The number of benzene rings is 4. The average Bonchev–Trinajstić information content (AvgIpc) is 3.44. The highest BCUT2D eigenvalue weighted by Crippen LogP contribution is 2.32. The van der Waals surface area contributed by atoms with E-state index in [-0.39, 0.29) is 11.7 Å². The molecule has 0 fully saturated rings. The van der Waals surface area contributed by atoms with Crippen LogP contribution in [0.25, 0.3) is 22.7 Å².